The topological polar surface area (TPSA) is 75.3 Å². The summed E-state index contributed by atoms with van der Waals surface area (Å²) in [7, 11) is -2.98. The Hall–Kier alpha value is -0.620. The van der Waals surface area contributed by atoms with E-state index in [1.165, 1.54) is 0 Å². The van der Waals surface area contributed by atoms with Gasteiger partial charge in [-0.2, -0.15) is 0 Å². The highest BCUT2D eigenvalue weighted by atomic mass is 32.2. The number of hydrogen-bond acceptors (Lipinski definition) is 4. The fourth-order valence-corrected chi connectivity index (χ4v) is 4.57. The van der Waals surface area contributed by atoms with Gasteiger partial charge in [-0.05, 0) is 33.1 Å². The first kappa shape index (κ1) is 13.8. The second-order valence-electron chi connectivity index (χ2n) is 5.65. The summed E-state index contributed by atoms with van der Waals surface area (Å²) in [5.41, 5.74) is 0. The van der Waals surface area contributed by atoms with E-state index < -0.39 is 9.84 Å². The Balaban J connectivity index is 1.88. The van der Waals surface area contributed by atoms with Gasteiger partial charge in [0.1, 0.15) is 0 Å². The minimum atomic E-state index is -2.98. The lowest BCUT2D eigenvalue weighted by Gasteiger charge is -2.35. The van der Waals surface area contributed by atoms with Crippen LogP contribution in [0.2, 0.25) is 0 Å². The second kappa shape index (κ2) is 5.17. The van der Waals surface area contributed by atoms with Crippen molar-refractivity contribution in [3.8, 4) is 0 Å². The Morgan fingerprint density at radius 2 is 1.94 bits per heavy atom. The van der Waals surface area contributed by atoms with Crippen LogP contribution in [0.3, 0.4) is 0 Å². The standard InChI is InChI=1S/C12H22N2O3S/c1-8-3-4-11(9(2)13-8)14-12(15)10-5-6-18(16,17)7-10/h8-11,13H,3-7H2,1-2H3,(H,14,15). The lowest BCUT2D eigenvalue weighted by Crippen LogP contribution is -2.55. The first-order valence-electron chi connectivity index (χ1n) is 6.64. The molecule has 1 amide bonds. The molecule has 2 heterocycles. The van der Waals surface area contributed by atoms with Crippen LogP contribution in [0.1, 0.15) is 33.1 Å². The molecule has 0 aromatic carbocycles. The van der Waals surface area contributed by atoms with E-state index in [-0.39, 0.29) is 35.4 Å². The molecule has 2 rings (SSSR count). The molecule has 0 saturated carbocycles. The molecule has 0 spiro atoms. The number of rotatable bonds is 2. The Labute approximate surface area is 109 Å². The normalized spacial score (nSPS) is 39.4. The summed E-state index contributed by atoms with van der Waals surface area (Å²) in [6, 6.07) is 0.854. The van der Waals surface area contributed by atoms with Gasteiger partial charge in [0.15, 0.2) is 9.84 Å². The van der Waals surface area contributed by atoms with Crippen molar-refractivity contribution in [2.75, 3.05) is 11.5 Å². The first-order valence-corrected chi connectivity index (χ1v) is 8.46. The van der Waals surface area contributed by atoms with Crippen molar-refractivity contribution in [1.29, 1.82) is 0 Å². The van der Waals surface area contributed by atoms with E-state index in [9.17, 15) is 13.2 Å². The number of nitrogens with one attached hydrogen (secondary N) is 2. The maximum absolute atomic E-state index is 12.0. The molecule has 0 aliphatic carbocycles. The van der Waals surface area contributed by atoms with E-state index in [4.69, 9.17) is 0 Å². The largest absolute Gasteiger partial charge is 0.352 e. The lowest BCUT2D eigenvalue weighted by atomic mass is 9.94. The van der Waals surface area contributed by atoms with Gasteiger partial charge in [0.25, 0.3) is 0 Å². The van der Waals surface area contributed by atoms with E-state index in [1.54, 1.807) is 0 Å². The van der Waals surface area contributed by atoms with Crippen LogP contribution in [0.15, 0.2) is 0 Å². The highest BCUT2D eigenvalue weighted by Gasteiger charge is 2.35. The Morgan fingerprint density at radius 3 is 2.50 bits per heavy atom. The van der Waals surface area contributed by atoms with Crippen LogP contribution >= 0.6 is 0 Å². The van der Waals surface area contributed by atoms with Gasteiger partial charge in [0.2, 0.25) is 5.91 Å². The average Bonchev–Trinajstić information content (AvgIpc) is 2.63. The predicted molar refractivity (Wildman–Crippen MR) is 70.0 cm³/mol. The Bertz CT molecular complexity index is 421. The summed E-state index contributed by atoms with van der Waals surface area (Å²) in [6.45, 7) is 4.20. The first-order chi connectivity index (χ1) is 8.37. The Kier molecular flexibility index (Phi) is 3.96. The maximum atomic E-state index is 12.0. The lowest BCUT2D eigenvalue weighted by molar-refractivity contribution is -0.125. The molecule has 2 saturated heterocycles. The average molecular weight is 274 g/mol. The van der Waals surface area contributed by atoms with Gasteiger partial charge in [0.05, 0.1) is 17.4 Å². The zero-order valence-electron chi connectivity index (χ0n) is 11.0. The number of hydrogen-bond donors (Lipinski definition) is 2. The van der Waals surface area contributed by atoms with Gasteiger partial charge < -0.3 is 10.6 Å². The van der Waals surface area contributed by atoms with E-state index >= 15 is 0 Å². The number of carbonyl (C=O) groups is 1. The summed E-state index contributed by atoms with van der Waals surface area (Å²) in [5, 5.41) is 6.41. The van der Waals surface area contributed by atoms with Crippen LogP contribution in [0.25, 0.3) is 0 Å². The molecule has 5 nitrogen and oxygen atoms in total. The van der Waals surface area contributed by atoms with Crippen LogP contribution in [-0.2, 0) is 14.6 Å². The second-order valence-corrected chi connectivity index (χ2v) is 7.88. The van der Waals surface area contributed by atoms with E-state index in [1.807, 2.05) is 0 Å². The third-order valence-corrected chi connectivity index (χ3v) is 5.76. The minimum Gasteiger partial charge on any atom is -0.352 e. The van der Waals surface area contributed by atoms with Crippen molar-refractivity contribution in [2.24, 2.45) is 5.92 Å². The van der Waals surface area contributed by atoms with Crippen molar-refractivity contribution in [3.63, 3.8) is 0 Å². The Morgan fingerprint density at radius 1 is 1.22 bits per heavy atom. The molecule has 4 unspecified atom stereocenters. The highest BCUT2D eigenvalue weighted by Crippen LogP contribution is 2.20. The quantitative estimate of drug-likeness (QED) is 0.747. The highest BCUT2D eigenvalue weighted by molar-refractivity contribution is 7.91. The van der Waals surface area contributed by atoms with Crippen molar-refractivity contribution in [2.45, 2.75) is 51.2 Å². The molecule has 0 aromatic rings. The molecule has 104 valence electrons. The molecule has 0 aromatic heterocycles. The molecule has 18 heavy (non-hydrogen) atoms. The summed E-state index contributed by atoms with van der Waals surface area (Å²) >= 11 is 0. The molecule has 0 radical (unpaired) electrons. The van der Waals surface area contributed by atoms with Gasteiger partial charge in [0, 0.05) is 18.1 Å². The number of amides is 1. The minimum absolute atomic E-state index is 0.0176. The summed E-state index contributed by atoms with van der Waals surface area (Å²) in [6.07, 6.45) is 2.47. The third-order valence-electron chi connectivity index (χ3n) is 3.99. The molecule has 0 bridgehead atoms. The van der Waals surface area contributed by atoms with E-state index in [2.05, 4.69) is 24.5 Å². The molecule has 2 N–H and O–H groups in total. The van der Waals surface area contributed by atoms with Crippen molar-refractivity contribution < 1.29 is 13.2 Å². The van der Waals surface area contributed by atoms with Gasteiger partial charge >= 0.3 is 0 Å². The maximum Gasteiger partial charge on any atom is 0.224 e. The fraction of sp³-hybridized carbons (Fsp3) is 0.917. The molecular weight excluding hydrogens is 252 g/mol. The summed E-state index contributed by atoms with van der Waals surface area (Å²) in [5.74, 6) is -0.268. The van der Waals surface area contributed by atoms with Crippen LogP contribution in [-0.4, -0.2) is 44.0 Å². The van der Waals surface area contributed by atoms with Gasteiger partial charge in [-0.15, -0.1) is 0 Å². The predicted octanol–water partition coefficient (Wildman–Crippen LogP) is 0.0663. The summed E-state index contributed by atoms with van der Waals surface area (Å²) < 4.78 is 22.7. The van der Waals surface area contributed by atoms with Crippen LogP contribution in [0.4, 0.5) is 0 Å². The molecule has 2 aliphatic rings. The van der Waals surface area contributed by atoms with E-state index in [0.717, 1.165) is 12.8 Å². The molecule has 4 atom stereocenters. The number of carbonyl (C=O) groups excluding carboxylic acids is 1. The monoisotopic (exact) mass is 274 g/mol. The van der Waals surface area contributed by atoms with Gasteiger partial charge in [-0.25, -0.2) is 8.42 Å². The van der Waals surface area contributed by atoms with Gasteiger partial charge in [-0.3, -0.25) is 4.79 Å². The SMILES string of the molecule is CC1CCC(NC(=O)C2CCS(=O)(=O)C2)C(C)N1. The smallest absolute Gasteiger partial charge is 0.224 e. The fourth-order valence-electron chi connectivity index (χ4n) is 2.83. The molecule has 2 fully saturated rings. The zero-order chi connectivity index (χ0) is 13.3. The van der Waals surface area contributed by atoms with Crippen molar-refractivity contribution in [3.05, 3.63) is 0 Å². The summed E-state index contributed by atoms with van der Waals surface area (Å²) in [4.78, 5) is 12.0. The number of piperidine rings is 1. The third kappa shape index (κ3) is 3.23. The molecule has 6 heteroatoms. The van der Waals surface area contributed by atoms with Crippen molar-refractivity contribution >= 4 is 15.7 Å². The molecule has 2 aliphatic heterocycles. The molecular formula is C12H22N2O3S. The van der Waals surface area contributed by atoms with Crippen LogP contribution in [0.5, 0.6) is 0 Å². The van der Waals surface area contributed by atoms with E-state index in [0.29, 0.717) is 12.5 Å². The zero-order valence-corrected chi connectivity index (χ0v) is 11.8. The van der Waals surface area contributed by atoms with Crippen LogP contribution in [0, 0.1) is 5.92 Å². The van der Waals surface area contributed by atoms with Crippen molar-refractivity contribution in [1.82, 2.24) is 10.6 Å². The van der Waals surface area contributed by atoms with Gasteiger partial charge in [-0.1, -0.05) is 0 Å². The van der Waals surface area contributed by atoms with Crippen LogP contribution < -0.4 is 10.6 Å². The number of sulfone groups is 1.